The third kappa shape index (κ3) is 36.3. The molecule has 0 N–H and O–H groups in total. The van der Waals surface area contributed by atoms with Gasteiger partial charge in [0.1, 0.15) is 26.4 Å². The number of nitrogens with zero attached hydrogens (tertiary/aromatic N) is 1. The highest BCUT2D eigenvalue weighted by atomic mass is 16.7. The molecule has 0 fully saturated rings. The van der Waals surface area contributed by atoms with Gasteiger partial charge in [-0.05, 0) is 65.5 Å². The normalized spacial score (nSPS) is 12.3. The third-order valence-electron chi connectivity index (χ3n) is 8.69. The van der Waals surface area contributed by atoms with Gasteiger partial charge in [-0.15, -0.1) is 0 Å². The lowest BCUT2D eigenvalue weighted by Gasteiger charge is -2.21. The van der Waals surface area contributed by atoms with Gasteiger partial charge in [0.05, 0.1) is 19.1 Å². The van der Waals surface area contributed by atoms with Crippen molar-refractivity contribution in [1.82, 2.24) is 4.90 Å². The molecule has 1 atom stereocenters. The van der Waals surface area contributed by atoms with Crippen molar-refractivity contribution in [3.63, 3.8) is 0 Å². The van der Waals surface area contributed by atoms with Crippen LogP contribution in [0.5, 0.6) is 0 Å². The average molecular weight is 754 g/mol. The maximum atomic E-state index is 13.1. The number of carbonyl (C=O) groups is 3. The van der Waals surface area contributed by atoms with Gasteiger partial charge in [0.2, 0.25) is 0 Å². The lowest BCUT2D eigenvalue weighted by Crippen LogP contribution is -2.33. The predicted molar refractivity (Wildman–Crippen MR) is 214 cm³/mol. The summed E-state index contributed by atoms with van der Waals surface area (Å²) in [7, 11) is 3.75. The minimum atomic E-state index is -1.13. The van der Waals surface area contributed by atoms with Crippen LogP contribution in [0.2, 0.25) is 0 Å². The first-order chi connectivity index (χ1) is 25.8. The van der Waals surface area contributed by atoms with Crippen molar-refractivity contribution in [2.45, 2.75) is 168 Å². The SMILES string of the molecule is CCCCC/C=C\C/C=C\CCCCCCCC(=O)OCC(COC(=O)OCCN(C)C)COC(=O)C(OCCCCCCC)OCCCCCCC. The molecule has 310 valence electrons. The molecule has 0 aromatic heterocycles. The molecular formula is C43H79NO9. The monoisotopic (exact) mass is 754 g/mol. The number of hydrogen-bond donors (Lipinski definition) is 0. The summed E-state index contributed by atoms with van der Waals surface area (Å²) in [4.78, 5) is 39.8. The van der Waals surface area contributed by atoms with Gasteiger partial charge in [-0.3, -0.25) is 4.79 Å². The minimum absolute atomic E-state index is 0.0570. The number of ether oxygens (including phenoxy) is 6. The fourth-order valence-corrected chi connectivity index (χ4v) is 5.29. The second kappa shape index (κ2) is 39.3. The van der Waals surface area contributed by atoms with Crippen molar-refractivity contribution < 1.29 is 42.8 Å². The molecule has 0 saturated heterocycles. The highest BCUT2D eigenvalue weighted by molar-refractivity contribution is 5.73. The molecule has 0 amide bonds. The molecule has 1 unspecified atom stereocenters. The Morgan fingerprint density at radius 2 is 1.02 bits per heavy atom. The van der Waals surface area contributed by atoms with Gasteiger partial charge >= 0.3 is 18.1 Å². The fraction of sp³-hybridized carbons (Fsp3) is 0.837. The van der Waals surface area contributed by atoms with E-state index in [2.05, 4.69) is 45.1 Å². The van der Waals surface area contributed by atoms with Crippen LogP contribution in [0.3, 0.4) is 0 Å². The Labute approximate surface area is 324 Å². The van der Waals surface area contributed by atoms with E-state index < -0.39 is 24.3 Å². The summed E-state index contributed by atoms with van der Waals surface area (Å²) in [6, 6.07) is 0. The van der Waals surface area contributed by atoms with E-state index in [-0.39, 0.29) is 32.4 Å². The van der Waals surface area contributed by atoms with Crippen LogP contribution < -0.4 is 0 Å². The van der Waals surface area contributed by atoms with Gasteiger partial charge in [-0.25, -0.2) is 9.59 Å². The van der Waals surface area contributed by atoms with Crippen LogP contribution >= 0.6 is 0 Å². The van der Waals surface area contributed by atoms with E-state index in [4.69, 9.17) is 28.4 Å². The Kier molecular flexibility index (Phi) is 37.5. The molecule has 10 heteroatoms. The quantitative estimate of drug-likeness (QED) is 0.0199. The number of likely N-dealkylation sites (N-methyl/N-ethyl adjacent to an activating group) is 1. The van der Waals surface area contributed by atoms with Crippen LogP contribution in [0.25, 0.3) is 0 Å². The highest BCUT2D eigenvalue weighted by Crippen LogP contribution is 2.12. The largest absolute Gasteiger partial charge is 0.508 e. The van der Waals surface area contributed by atoms with Crippen LogP contribution in [0.1, 0.15) is 162 Å². The van der Waals surface area contributed by atoms with Gasteiger partial charge in [0, 0.05) is 13.0 Å². The van der Waals surface area contributed by atoms with E-state index in [1.165, 1.54) is 38.5 Å². The van der Waals surface area contributed by atoms with E-state index in [9.17, 15) is 14.4 Å². The van der Waals surface area contributed by atoms with Crippen molar-refractivity contribution in [2.24, 2.45) is 5.92 Å². The van der Waals surface area contributed by atoms with Crippen LogP contribution in [-0.2, 0) is 38.0 Å². The average Bonchev–Trinajstić information content (AvgIpc) is 3.14. The highest BCUT2D eigenvalue weighted by Gasteiger charge is 2.25. The number of unbranched alkanes of at least 4 members (excludes halogenated alkanes) is 16. The molecule has 53 heavy (non-hydrogen) atoms. The molecule has 0 aromatic carbocycles. The summed E-state index contributed by atoms with van der Waals surface area (Å²) in [5.41, 5.74) is 0. The van der Waals surface area contributed by atoms with Crippen molar-refractivity contribution in [2.75, 3.05) is 60.3 Å². The molecule has 0 heterocycles. The first-order valence-corrected chi connectivity index (χ1v) is 21.1. The van der Waals surface area contributed by atoms with E-state index in [0.29, 0.717) is 26.2 Å². The number of allylic oxidation sites excluding steroid dienone is 4. The van der Waals surface area contributed by atoms with Crippen LogP contribution in [0.4, 0.5) is 4.79 Å². The molecular weight excluding hydrogens is 674 g/mol. The molecule has 0 aliphatic carbocycles. The molecule has 0 radical (unpaired) electrons. The number of hydrogen-bond acceptors (Lipinski definition) is 10. The van der Waals surface area contributed by atoms with E-state index in [1.54, 1.807) is 0 Å². The predicted octanol–water partition coefficient (Wildman–Crippen LogP) is 10.5. The summed E-state index contributed by atoms with van der Waals surface area (Å²) in [6.07, 6.45) is 30.2. The molecule has 0 aliphatic heterocycles. The Morgan fingerprint density at radius 3 is 1.62 bits per heavy atom. The summed E-state index contributed by atoms with van der Waals surface area (Å²) < 4.78 is 33.2. The standard InChI is InChI=1S/C43H79NO9/c1-6-9-12-15-16-17-18-19-20-21-22-23-24-25-28-31-40(45)51-36-39(38-53-43(47)50-35-32-44(4)5)37-52-41(46)42(48-33-29-26-13-10-7-2)49-34-30-27-14-11-8-3/h16-17,19-20,39,42H,6-15,18,21-38H2,1-5H3/b17-16-,20-19-. The summed E-state index contributed by atoms with van der Waals surface area (Å²) >= 11 is 0. The lowest BCUT2D eigenvalue weighted by molar-refractivity contribution is -0.197. The maximum Gasteiger partial charge on any atom is 0.508 e. The van der Waals surface area contributed by atoms with Gasteiger partial charge in [0.15, 0.2) is 0 Å². The van der Waals surface area contributed by atoms with Crippen LogP contribution in [0, 0.1) is 5.92 Å². The first-order valence-electron chi connectivity index (χ1n) is 21.1. The van der Waals surface area contributed by atoms with E-state index in [1.807, 2.05) is 19.0 Å². The van der Waals surface area contributed by atoms with Crippen LogP contribution in [-0.4, -0.2) is 89.6 Å². The van der Waals surface area contributed by atoms with E-state index in [0.717, 1.165) is 96.3 Å². The Hall–Kier alpha value is -2.43. The minimum Gasteiger partial charge on any atom is -0.465 e. The smallest absolute Gasteiger partial charge is 0.465 e. The van der Waals surface area contributed by atoms with Crippen molar-refractivity contribution in [3.05, 3.63) is 24.3 Å². The first kappa shape index (κ1) is 50.6. The summed E-state index contributed by atoms with van der Waals surface area (Å²) in [6.45, 7) is 7.79. The zero-order valence-corrected chi connectivity index (χ0v) is 34.6. The fourth-order valence-electron chi connectivity index (χ4n) is 5.29. The van der Waals surface area contributed by atoms with Gasteiger partial charge in [0.25, 0.3) is 6.29 Å². The Balaban J connectivity index is 4.77. The summed E-state index contributed by atoms with van der Waals surface area (Å²) in [5, 5.41) is 0. The second-order valence-corrected chi connectivity index (χ2v) is 14.3. The maximum absolute atomic E-state index is 13.1. The zero-order chi connectivity index (χ0) is 39.0. The topological polar surface area (TPSA) is 110 Å². The van der Waals surface area contributed by atoms with Crippen molar-refractivity contribution >= 4 is 18.1 Å². The van der Waals surface area contributed by atoms with Gasteiger partial charge in [-0.2, -0.15) is 0 Å². The number of rotatable bonds is 38. The molecule has 10 nitrogen and oxygen atoms in total. The van der Waals surface area contributed by atoms with Gasteiger partial charge < -0.3 is 33.3 Å². The second-order valence-electron chi connectivity index (χ2n) is 14.3. The van der Waals surface area contributed by atoms with Crippen molar-refractivity contribution in [3.8, 4) is 0 Å². The van der Waals surface area contributed by atoms with Gasteiger partial charge in [-0.1, -0.05) is 129 Å². The molecule has 0 rings (SSSR count). The Morgan fingerprint density at radius 1 is 0.528 bits per heavy atom. The zero-order valence-electron chi connectivity index (χ0n) is 34.6. The third-order valence-corrected chi connectivity index (χ3v) is 8.69. The van der Waals surface area contributed by atoms with E-state index >= 15 is 0 Å². The number of esters is 2. The molecule has 0 bridgehead atoms. The molecule has 0 saturated carbocycles. The lowest BCUT2D eigenvalue weighted by atomic mass is 10.1. The number of carbonyl (C=O) groups excluding carboxylic acids is 3. The van der Waals surface area contributed by atoms with Crippen molar-refractivity contribution in [1.29, 1.82) is 0 Å². The summed E-state index contributed by atoms with van der Waals surface area (Å²) in [5.74, 6) is -1.53. The molecule has 0 aromatic rings. The van der Waals surface area contributed by atoms with Crippen LogP contribution in [0.15, 0.2) is 24.3 Å². The Bertz CT molecular complexity index is 892. The molecule has 0 spiro atoms. The molecule has 0 aliphatic rings.